The normalized spacial score (nSPS) is 12.7. The number of hydrogen-bond acceptors (Lipinski definition) is 2. The molecule has 0 atom stereocenters. The number of halogens is 1. The minimum atomic E-state index is -0.149. The topological polar surface area (TPSA) is 50.4 Å². The Kier molecular flexibility index (Phi) is 3.88. The molecule has 0 aliphatic heterocycles. The summed E-state index contributed by atoms with van der Waals surface area (Å²) >= 11 is 3.42. The monoisotopic (exact) mass is 269 g/mol. The molecule has 0 unspecified atom stereocenters. The van der Waals surface area contributed by atoms with E-state index in [4.69, 9.17) is 5.84 Å². The molecule has 0 spiro atoms. The maximum atomic E-state index is 5.47. The van der Waals surface area contributed by atoms with Gasteiger partial charge in [0.05, 0.1) is 5.54 Å². The number of nitrogens with one attached hydrogen (secondary N) is 1. The molecule has 0 saturated carbocycles. The first kappa shape index (κ1) is 12.2. The highest BCUT2D eigenvalue weighted by Gasteiger charge is 2.10. The van der Waals surface area contributed by atoms with E-state index in [-0.39, 0.29) is 5.54 Å². The van der Waals surface area contributed by atoms with E-state index in [0.29, 0.717) is 5.84 Å². The van der Waals surface area contributed by atoms with E-state index in [0.717, 1.165) is 10.0 Å². The Morgan fingerprint density at radius 3 is 2.53 bits per heavy atom. The summed E-state index contributed by atoms with van der Waals surface area (Å²) in [6.07, 6.45) is 0. The lowest BCUT2D eigenvalue weighted by Gasteiger charge is -2.15. The van der Waals surface area contributed by atoms with Crippen LogP contribution in [0.5, 0.6) is 0 Å². The highest BCUT2D eigenvalue weighted by Crippen LogP contribution is 2.14. The van der Waals surface area contributed by atoms with Crippen molar-refractivity contribution in [3.05, 3.63) is 34.3 Å². The van der Waals surface area contributed by atoms with Crippen LogP contribution in [-0.4, -0.2) is 11.4 Å². The molecule has 3 N–H and O–H groups in total. The smallest absolute Gasteiger partial charge is 0.143 e. The third kappa shape index (κ3) is 4.01. The summed E-state index contributed by atoms with van der Waals surface area (Å²) in [5, 5.41) is 0. The van der Waals surface area contributed by atoms with E-state index in [2.05, 4.69) is 26.3 Å². The molecule has 0 bridgehead atoms. The van der Waals surface area contributed by atoms with Crippen LogP contribution in [0.2, 0.25) is 0 Å². The molecule has 0 amide bonds. The van der Waals surface area contributed by atoms with Crippen LogP contribution in [0.4, 0.5) is 0 Å². The Morgan fingerprint density at radius 2 is 2.07 bits per heavy atom. The Bertz CT molecular complexity index is 366. The minimum absolute atomic E-state index is 0.149. The van der Waals surface area contributed by atoms with Gasteiger partial charge in [-0.25, -0.2) is 5.84 Å². The van der Waals surface area contributed by atoms with Crippen molar-refractivity contribution in [3.8, 4) is 0 Å². The van der Waals surface area contributed by atoms with Gasteiger partial charge in [0.1, 0.15) is 5.84 Å². The van der Waals surface area contributed by atoms with E-state index in [9.17, 15) is 0 Å². The van der Waals surface area contributed by atoms with Gasteiger partial charge in [0.2, 0.25) is 0 Å². The molecule has 0 aromatic heterocycles. The van der Waals surface area contributed by atoms with Crippen LogP contribution in [0.1, 0.15) is 26.3 Å². The maximum Gasteiger partial charge on any atom is 0.143 e. The number of hydrazine groups is 1. The minimum Gasteiger partial charge on any atom is -0.308 e. The summed E-state index contributed by atoms with van der Waals surface area (Å²) in [6, 6.07) is 7.86. The number of nitrogens with two attached hydrogens (primary N) is 1. The average Bonchev–Trinajstić information content (AvgIpc) is 2.13. The second kappa shape index (κ2) is 4.77. The van der Waals surface area contributed by atoms with E-state index >= 15 is 0 Å². The number of hydrogen-bond donors (Lipinski definition) is 2. The predicted octanol–water partition coefficient (Wildman–Crippen LogP) is 2.46. The van der Waals surface area contributed by atoms with Gasteiger partial charge < -0.3 is 5.43 Å². The van der Waals surface area contributed by atoms with Crippen molar-refractivity contribution in [1.29, 1.82) is 0 Å². The first-order chi connectivity index (χ1) is 6.92. The highest BCUT2D eigenvalue weighted by molar-refractivity contribution is 9.10. The summed E-state index contributed by atoms with van der Waals surface area (Å²) < 4.78 is 1.01. The lowest BCUT2D eigenvalue weighted by Crippen LogP contribution is -2.33. The zero-order chi connectivity index (χ0) is 11.5. The van der Waals surface area contributed by atoms with Crippen LogP contribution in [0, 0.1) is 0 Å². The van der Waals surface area contributed by atoms with Gasteiger partial charge in [-0.05, 0) is 32.9 Å². The molecule has 3 nitrogen and oxygen atoms in total. The lowest BCUT2D eigenvalue weighted by molar-refractivity contribution is 0.580. The second-order valence-electron chi connectivity index (χ2n) is 4.29. The van der Waals surface area contributed by atoms with Gasteiger partial charge >= 0.3 is 0 Å². The second-order valence-corrected chi connectivity index (χ2v) is 5.20. The Hall–Kier alpha value is -0.870. The van der Waals surface area contributed by atoms with Gasteiger partial charge in [-0.2, -0.15) is 0 Å². The SMILES string of the molecule is CC(C)(C)N=C(NN)c1cccc(Br)c1. The fraction of sp³-hybridized carbons (Fsp3) is 0.364. The quantitative estimate of drug-likeness (QED) is 0.356. The van der Waals surface area contributed by atoms with Crippen LogP contribution >= 0.6 is 15.9 Å². The molecule has 1 aromatic rings. The van der Waals surface area contributed by atoms with Gasteiger partial charge in [-0.3, -0.25) is 4.99 Å². The molecule has 0 fully saturated rings. The summed E-state index contributed by atoms with van der Waals surface area (Å²) in [4.78, 5) is 4.50. The number of rotatable bonds is 1. The number of benzene rings is 1. The van der Waals surface area contributed by atoms with E-state index in [1.165, 1.54) is 0 Å². The maximum absolute atomic E-state index is 5.47. The fourth-order valence-corrected chi connectivity index (χ4v) is 1.55. The first-order valence-corrected chi connectivity index (χ1v) is 5.54. The van der Waals surface area contributed by atoms with Crippen LogP contribution < -0.4 is 11.3 Å². The van der Waals surface area contributed by atoms with E-state index in [1.807, 2.05) is 45.0 Å². The fourth-order valence-electron chi connectivity index (χ4n) is 1.15. The van der Waals surface area contributed by atoms with Crippen molar-refractivity contribution in [2.24, 2.45) is 10.8 Å². The standard InChI is InChI=1S/C11H16BrN3/c1-11(2,3)14-10(15-13)8-5-4-6-9(12)7-8/h4-7H,13H2,1-3H3,(H,14,15). The Balaban J connectivity index is 3.08. The molecule has 0 heterocycles. The van der Waals surface area contributed by atoms with Crippen LogP contribution in [0.3, 0.4) is 0 Å². The summed E-state index contributed by atoms with van der Waals surface area (Å²) in [5.41, 5.74) is 3.46. The Morgan fingerprint density at radius 1 is 1.40 bits per heavy atom. The molecule has 0 aliphatic carbocycles. The number of amidine groups is 1. The molecular weight excluding hydrogens is 254 g/mol. The molecule has 15 heavy (non-hydrogen) atoms. The van der Waals surface area contributed by atoms with Gasteiger partial charge in [-0.15, -0.1) is 0 Å². The molecule has 4 heteroatoms. The third-order valence-corrected chi connectivity index (χ3v) is 2.18. The van der Waals surface area contributed by atoms with Gasteiger partial charge in [0, 0.05) is 10.0 Å². The van der Waals surface area contributed by atoms with E-state index in [1.54, 1.807) is 0 Å². The highest BCUT2D eigenvalue weighted by atomic mass is 79.9. The predicted molar refractivity (Wildman–Crippen MR) is 67.8 cm³/mol. The molecule has 1 rings (SSSR count). The van der Waals surface area contributed by atoms with Crippen molar-refractivity contribution < 1.29 is 0 Å². The summed E-state index contributed by atoms with van der Waals surface area (Å²) in [7, 11) is 0. The number of nitrogens with zero attached hydrogens (tertiary/aromatic N) is 1. The average molecular weight is 270 g/mol. The molecular formula is C11H16BrN3. The molecule has 82 valence electrons. The first-order valence-electron chi connectivity index (χ1n) is 4.75. The van der Waals surface area contributed by atoms with Crippen molar-refractivity contribution >= 4 is 21.8 Å². The van der Waals surface area contributed by atoms with Gasteiger partial charge in [0.25, 0.3) is 0 Å². The van der Waals surface area contributed by atoms with Crippen LogP contribution in [0.25, 0.3) is 0 Å². The zero-order valence-corrected chi connectivity index (χ0v) is 10.8. The van der Waals surface area contributed by atoms with Crippen molar-refractivity contribution in [2.45, 2.75) is 26.3 Å². The molecule has 0 saturated heterocycles. The van der Waals surface area contributed by atoms with Crippen molar-refractivity contribution in [2.75, 3.05) is 0 Å². The Labute approximate surface area is 98.9 Å². The van der Waals surface area contributed by atoms with Gasteiger partial charge in [-0.1, -0.05) is 28.1 Å². The summed E-state index contributed by atoms with van der Waals surface area (Å²) in [5.74, 6) is 6.16. The van der Waals surface area contributed by atoms with Crippen LogP contribution in [0.15, 0.2) is 33.7 Å². The molecule has 0 aliphatic rings. The largest absolute Gasteiger partial charge is 0.308 e. The molecule has 0 radical (unpaired) electrons. The van der Waals surface area contributed by atoms with Gasteiger partial charge in [0.15, 0.2) is 0 Å². The third-order valence-electron chi connectivity index (χ3n) is 1.68. The number of aliphatic imine (C=N–C) groups is 1. The van der Waals surface area contributed by atoms with Crippen molar-refractivity contribution in [3.63, 3.8) is 0 Å². The zero-order valence-electron chi connectivity index (χ0n) is 9.21. The van der Waals surface area contributed by atoms with E-state index < -0.39 is 0 Å². The van der Waals surface area contributed by atoms with Crippen LogP contribution in [-0.2, 0) is 0 Å². The van der Waals surface area contributed by atoms with Crippen molar-refractivity contribution in [1.82, 2.24) is 5.43 Å². The molecule has 1 aromatic carbocycles. The lowest BCUT2D eigenvalue weighted by atomic mass is 10.1. The summed E-state index contributed by atoms with van der Waals surface area (Å²) in [6.45, 7) is 6.09.